The highest BCUT2D eigenvalue weighted by Gasteiger charge is 2.15. The third-order valence-electron chi connectivity index (χ3n) is 5.05. The quantitative estimate of drug-likeness (QED) is 0.472. The van der Waals surface area contributed by atoms with Crippen molar-refractivity contribution in [3.63, 3.8) is 0 Å². The summed E-state index contributed by atoms with van der Waals surface area (Å²) in [4.78, 5) is 2.42. The summed E-state index contributed by atoms with van der Waals surface area (Å²) in [6.45, 7) is 8.61. The molecule has 0 aliphatic carbocycles. The summed E-state index contributed by atoms with van der Waals surface area (Å²) in [5.74, 6) is 0.506. The number of hydrogen-bond donors (Lipinski definition) is 1. The van der Waals surface area contributed by atoms with Gasteiger partial charge in [0.05, 0.1) is 29.9 Å². The minimum absolute atomic E-state index is 0.0373. The average Bonchev–Trinajstić information content (AvgIpc) is 2.75. The lowest BCUT2D eigenvalue weighted by molar-refractivity contribution is 0.0374. The third kappa shape index (κ3) is 7.22. The van der Waals surface area contributed by atoms with Gasteiger partial charge in [-0.05, 0) is 56.3 Å². The molecule has 0 saturated carbocycles. The number of hydrogen-bond acceptors (Lipinski definition) is 5. The van der Waals surface area contributed by atoms with Crippen molar-refractivity contribution in [2.45, 2.75) is 26.5 Å². The Bertz CT molecular complexity index is 828. The maximum Gasteiger partial charge on any atom is 0.180 e. The topological polar surface area (TPSA) is 43.0 Å². The van der Waals surface area contributed by atoms with E-state index in [4.69, 9.17) is 37.4 Å². The van der Waals surface area contributed by atoms with E-state index >= 15 is 0 Å². The average molecular weight is 471 g/mol. The molecule has 1 heterocycles. The Kier molecular flexibility index (Phi) is 9.68. The predicted molar refractivity (Wildman–Crippen MR) is 122 cm³/mol. The summed E-state index contributed by atoms with van der Waals surface area (Å²) in [7, 11) is 0. The van der Waals surface area contributed by atoms with Gasteiger partial charge in [-0.25, -0.2) is 4.39 Å². The van der Waals surface area contributed by atoms with Gasteiger partial charge in [0.2, 0.25) is 0 Å². The van der Waals surface area contributed by atoms with Crippen molar-refractivity contribution in [3.05, 3.63) is 57.3 Å². The molecular weight excluding hydrogens is 442 g/mol. The first-order chi connectivity index (χ1) is 15.1. The zero-order chi connectivity index (χ0) is 22.1. The second kappa shape index (κ2) is 12.5. The first-order valence-electron chi connectivity index (χ1n) is 10.6. The van der Waals surface area contributed by atoms with Gasteiger partial charge < -0.3 is 19.5 Å². The maximum absolute atomic E-state index is 14.0. The van der Waals surface area contributed by atoms with Gasteiger partial charge in [0.25, 0.3) is 0 Å². The van der Waals surface area contributed by atoms with Crippen molar-refractivity contribution in [1.82, 2.24) is 10.2 Å². The van der Waals surface area contributed by atoms with E-state index in [1.165, 1.54) is 6.07 Å². The number of nitrogens with zero attached hydrogens (tertiary/aromatic N) is 1. The number of nitrogens with one attached hydrogen (secondary N) is 1. The fourth-order valence-corrected chi connectivity index (χ4v) is 3.93. The van der Waals surface area contributed by atoms with E-state index in [9.17, 15) is 4.39 Å². The molecule has 1 fully saturated rings. The predicted octanol–water partition coefficient (Wildman–Crippen LogP) is 4.92. The number of ether oxygens (including phenoxy) is 3. The molecule has 0 amide bonds. The number of halogens is 3. The van der Waals surface area contributed by atoms with Crippen LogP contribution in [0.5, 0.6) is 11.5 Å². The lowest BCUT2D eigenvalue weighted by Crippen LogP contribution is -2.37. The first-order valence-corrected chi connectivity index (χ1v) is 11.4. The smallest absolute Gasteiger partial charge is 0.180 e. The van der Waals surface area contributed by atoms with Gasteiger partial charge in [0, 0.05) is 25.2 Å². The van der Waals surface area contributed by atoms with E-state index in [1.54, 1.807) is 12.1 Å². The molecular formula is C23H29Cl2FN2O3. The van der Waals surface area contributed by atoms with Crippen LogP contribution < -0.4 is 14.8 Å². The Morgan fingerprint density at radius 2 is 1.94 bits per heavy atom. The fourth-order valence-electron chi connectivity index (χ4n) is 3.43. The molecule has 0 bridgehead atoms. The van der Waals surface area contributed by atoms with Gasteiger partial charge in [-0.3, -0.25) is 4.90 Å². The van der Waals surface area contributed by atoms with Crippen LogP contribution in [0.15, 0.2) is 30.3 Å². The summed E-state index contributed by atoms with van der Waals surface area (Å²) < 4.78 is 31.0. The molecule has 1 N–H and O–H groups in total. The van der Waals surface area contributed by atoms with Gasteiger partial charge in [-0.15, -0.1) is 0 Å². The Morgan fingerprint density at radius 1 is 1.13 bits per heavy atom. The number of morpholine rings is 1. The van der Waals surface area contributed by atoms with E-state index in [2.05, 4.69) is 10.2 Å². The normalized spacial score (nSPS) is 14.6. The molecule has 2 aromatic rings. The Balaban J connectivity index is 1.56. The molecule has 3 rings (SSSR count). The van der Waals surface area contributed by atoms with Gasteiger partial charge in [-0.2, -0.15) is 0 Å². The molecule has 0 unspecified atom stereocenters. The highest BCUT2D eigenvalue weighted by Crippen LogP contribution is 2.37. The zero-order valence-electron chi connectivity index (χ0n) is 17.8. The highest BCUT2D eigenvalue weighted by atomic mass is 35.5. The Morgan fingerprint density at radius 3 is 2.68 bits per heavy atom. The largest absolute Gasteiger partial charge is 0.490 e. The van der Waals surface area contributed by atoms with Crippen molar-refractivity contribution in [2.24, 2.45) is 0 Å². The molecule has 0 radical (unpaired) electrons. The second-order valence-corrected chi connectivity index (χ2v) is 8.13. The second-order valence-electron chi connectivity index (χ2n) is 7.31. The first kappa shape index (κ1) is 24.1. The van der Waals surface area contributed by atoms with Crippen LogP contribution in [0.2, 0.25) is 10.0 Å². The van der Waals surface area contributed by atoms with Crippen LogP contribution in [0.25, 0.3) is 0 Å². The lowest BCUT2D eigenvalue weighted by Gasteiger charge is -2.26. The van der Waals surface area contributed by atoms with Crippen molar-refractivity contribution in [1.29, 1.82) is 0 Å². The molecule has 170 valence electrons. The fraction of sp³-hybridized carbons (Fsp3) is 0.478. The molecule has 1 saturated heterocycles. The third-order valence-corrected chi connectivity index (χ3v) is 5.69. The summed E-state index contributed by atoms with van der Waals surface area (Å²) >= 11 is 12.6. The maximum atomic E-state index is 14.0. The summed E-state index contributed by atoms with van der Waals surface area (Å²) in [5.41, 5.74) is 1.28. The zero-order valence-corrected chi connectivity index (χ0v) is 19.3. The summed E-state index contributed by atoms with van der Waals surface area (Å²) in [6.07, 6.45) is 1.07. The standard InChI is InChI=1S/C23H29Cl2FN2O3/c1-2-30-22-14-17(15-27-7-4-8-28-9-11-29-12-10-28)13-20(25)23(22)31-16-18-19(24)5-3-6-21(18)26/h3,5-6,13-14,27H,2,4,7-12,15-16H2,1H3. The van der Waals surface area contributed by atoms with E-state index < -0.39 is 5.82 Å². The van der Waals surface area contributed by atoms with Crippen LogP contribution in [0, 0.1) is 5.82 Å². The molecule has 0 aromatic heterocycles. The van der Waals surface area contributed by atoms with Gasteiger partial charge in [0.1, 0.15) is 12.4 Å². The molecule has 1 aliphatic heterocycles. The molecule has 0 spiro atoms. The monoisotopic (exact) mass is 470 g/mol. The van der Waals surface area contributed by atoms with Crippen molar-refractivity contribution < 1.29 is 18.6 Å². The molecule has 0 atom stereocenters. The van der Waals surface area contributed by atoms with Crippen molar-refractivity contribution in [3.8, 4) is 11.5 Å². The molecule has 31 heavy (non-hydrogen) atoms. The van der Waals surface area contributed by atoms with E-state index in [0.29, 0.717) is 34.7 Å². The van der Waals surface area contributed by atoms with E-state index in [-0.39, 0.29) is 12.2 Å². The molecule has 1 aliphatic rings. The van der Waals surface area contributed by atoms with Crippen LogP contribution in [0.4, 0.5) is 4.39 Å². The highest BCUT2D eigenvalue weighted by molar-refractivity contribution is 6.32. The Hall–Kier alpha value is -1.57. The lowest BCUT2D eigenvalue weighted by atomic mass is 10.2. The summed E-state index contributed by atoms with van der Waals surface area (Å²) in [6, 6.07) is 8.29. The SMILES string of the molecule is CCOc1cc(CNCCCN2CCOCC2)cc(Cl)c1OCc1c(F)cccc1Cl. The van der Waals surface area contributed by atoms with Crippen molar-refractivity contribution in [2.75, 3.05) is 46.0 Å². The van der Waals surface area contributed by atoms with Crippen LogP contribution >= 0.6 is 23.2 Å². The van der Waals surface area contributed by atoms with Crippen LogP contribution in [0.3, 0.4) is 0 Å². The molecule has 8 heteroatoms. The molecule has 2 aromatic carbocycles. The van der Waals surface area contributed by atoms with E-state index in [1.807, 2.05) is 19.1 Å². The van der Waals surface area contributed by atoms with Gasteiger partial charge >= 0.3 is 0 Å². The Labute approximate surface area is 193 Å². The number of benzene rings is 2. The van der Waals surface area contributed by atoms with Crippen molar-refractivity contribution >= 4 is 23.2 Å². The van der Waals surface area contributed by atoms with Gasteiger partial charge in [-0.1, -0.05) is 29.3 Å². The van der Waals surface area contributed by atoms with E-state index in [0.717, 1.165) is 51.4 Å². The minimum atomic E-state index is -0.417. The summed E-state index contributed by atoms with van der Waals surface area (Å²) in [5, 5.41) is 4.18. The molecule has 5 nitrogen and oxygen atoms in total. The van der Waals surface area contributed by atoms with Crippen LogP contribution in [-0.4, -0.2) is 50.9 Å². The van der Waals surface area contributed by atoms with Crippen LogP contribution in [0.1, 0.15) is 24.5 Å². The van der Waals surface area contributed by atoms with Crippen LogP contribution in [-0.2, 0) is 17.9 Å². The minimum Gasteiger partial charge on any atom is -0.490 e. The number of rotatable bonds is 11. The van der Waals surface area contributed by atoms with Gasteiger partial charge in [0.15, 0.2) is 11.5 Å².